The predicted octanol–water partition coefficient (Wildman–Crippen LogP) is 9.23. The van der Waals surface area contributed by atoms with Gasteiger partial charge < -0.3 is 0 Å². The molecule has 0 spiro atoms. The molecule has 0 saturated heterocycles. The highest BCUT2D eigenvalue weighted by molar-refractivity contribution is 5.15. The third-order valence-corrected chi connectivity index (χ3v) is 5.99. The first-order chi connectivity index (χ1) is 13.4. The topological polar surface area (TPSA) is 12.9 Å². The first kappa shape index (κ1) is 24.2. The van der Waals surface area contributed by atoms with Gasteiger partial charge in [-0.05, 0) is 36.5 Å². The Labute approximate surface area is 170 Å². The van der Waals surface area contributed by atoms with Crippen molar-refractivity contribution in [2.45, 2.75) is 135 Å². The van der Waals surface area contributed by atoms with Crippen LogP contribution in [0.5, 0.6) is 0 Å². The van der Waals surface area contributed by atoms with Crippen LogP contribution < -0.4 is 0 Å². The van der Waals surface area contributed by atoms with Crippen LogP contribution in [-0.4, -0.2) is 4.98 Å². The molecule has 0 radical (unpaired) electrons. The number of hydrogen-bond acceptors (Lipinski definition) is 1. The molecule has 1 nitrogen and oxygen atoms in total. The fourth-order valence-electron chi connectivity index (χ4n) is 4.16. The molecule has 0 aliphatic carbocycles. The maximum atomic E-state index is 4.22. The Hall–Kier alpha value is -0.850. The van der Waals surface area contributed by atoms with Crippen molar-refractivity contribution >= 4 is 0 Å². The largest absolute Gasteiger partial charge is 0.265 e. The van der Waals surface area contributed by atoms with Gasteiger partial charge in [0.05, 0.1) is 0 Å². The summed E-state index contributed by atoms with van der Waals surface area (Å²) in [6.45, 7) is 4.59. The minimum absolute atomic E-state index is 0.758. The lowest BCUT2D eigenvalue weighted by molar-refractivity contribution is 0.482. The molecule has 0 saturated carbocycles. The van der Waals surface area contributed by atoms with E-state index in [0.717, 1.165) is 5.92 Å². The Morgan fingerprint density at radius 2 is 0.926 bits per heavy atom. The van der Waals surface area contributed by atoms with E-state index in [1.165, 1.54) is 121 Å². The molecular weight excluding hydrogens is 326 g/mol. The zero-order chi connectivity index (χ0) is 19.4. The number of unbranched alkanes of at least 4 members (excludes halogenated alkanes) is 14. The molecule has 27 heavy (non-hydrogen) atoms. The van der Waals surface area contributed by atoms with E-state index >= 15 is 0 Å². The summed E-state index contributed by atoms with van der Waals surface area (Å²) in [5.74, 6) is 0.758. The van der Waals surface area contributed by atoms with Crippen molar-refractivity contribution < 1.29 is 0 Å². The van der Waals surface area contributed by atoms with Crippen molar-refractivity contribution in [3.8, 4) is 0 Å². The lowest BCUT2D eigenvalue weighted by atomic mass is 9.88. The Bertz CT molecular complexity index is 380. The van der Waals surface area contributed by atoms with E-state index in [1.807, 2.05) is 12.4 Å². The predicted molar refractivity (Wildman–Crippen MR) is 121 cm³/mol. The number of aromatic nitrogens is 1. The second-order valence-corrected chi connectivity index (χ2v) is 8.50. The monoisotopic (exact) mass is 373 g/mol. The quantitative estimate of drug-likeness (QED) is 0.220. The maximum Gasteiger partial charge on any atom is 0.0270 e. The van der Waals surface area contributed by atoms with Crippen molar-refractivity contribution in [1.29, 1.82) is 0 Å². The molecule has 0 aromatic carbocycles. The van der Waals surface area contributed by atoms with E-state index in [9.17, 15) is 0 Å². The summed E-state index contributed by atoms with van der Waals surface area (Å²) in [4.78, 5) is 4.22. The van der Waals surface area contributed by atoms with Crippen molar-refractivity contribution in [2.24, 2.45) is 0 Å². The number of pyridine rings is 1. The molecule has 0 N–H and O–H groups in total. The van der Waals surface area contributed by atoms with Gasteiger partial charge in [-0.2, -0.15) is 0 Å². The van der Waals surface area contributed by atoms with Crippen LogP contribution in [0.15, 0.2) is 24.5 Å². The Morgan fingerprint density at radius 3 is 1.33 bits per heavy atom. The summed E-state index contributed by atoms with van der Waals surface area (Å²) in [7, 11) is 0. The molecule has 1 aromatic rings. The minimum atomic E-state index is 0.758. The highest BCUT2D eigenvalue weighted by Crippen LogP contribution is 2.28. The average molecular weight is 374 g/mol. The van der Waals surface area contributed by atoms with E-state index in [-0.39, 0.29) is 0 Å². The van der Waals surface area contributed by atoms with Gasteiger partial charge in [0.25, 0.3) is 0 Å². The molecule has 0 atom stereocenters. The first-order valence-electron chi connectivity index (χ1n) is 12.3. The molecule has 1 aromatic heterocycles. The van der Waals surface area contributed by atoms with Gasteiger partial charge in [-0.25, -0.2) is 0 Å². The van der Waals surface area contributed by atoms with Gasteiger partial charge >= 0.3 is 0 Å². The standard InChI is InChI=1S/C26H47N/c1-3-5-7-9-11-13-15-17-19-25(26-21-23-27-24-22-26)20-18-16-14-12-10-8-6-4-2/h21-25H,3-20H2,1-2H3. The normalized spacial score (nSPS) is 11.4. The fraction of sp³-hybridized carbons (Fsp3) is 0.808. The highest BCUT2D eigenvalue weighted by Gasteiger charge is 2.11. The smallest absolute Gasteiger partial charge is 0.0270 e. The highest BCUT2D eigenvalue weighted by atomic mass is 14.6. The Morgan fingerprint density at radius 1 is 0.556 bits per heavy atom. The van der Waals surface area contributed by atoms with Gasteiger partial charge in [0.2, 0.25) is 0 Å². The van der Waals surface area contributed by atoms with Crippen LogP contribution in [0.2, 0.25) is 0 Å². The molecule has 1 heterocycles. The van der Waals surface area contributed by atoms with Crippen LogP contribution in [0.1, 0.15) is 141 Å². The van der Waals surface area contributed by atoms with Crippen LogP contribution in [0.25, 0.3) is 0 Å². The van der Waals surface area contributed by atoms with Gasteiger partial charge in [0.1, 0.15) is 0 Å². The number of nitrogens with zero attached hydrogens (tertiary/aromatic N) is 1. The molecule has 0 amide bonds. The number of rotatable bonds is 19. The van der Waals surface area contributed by atoms with Gasteiger partial charge in [0.15, 0.2) is 0 Å². The van der Waals surface area contributed by atoms with E-state index in [1.54, 1.807) is 0 Å². The fourth-order valence-corrected chi connectivity index (χ4v) is 4.16. The van der Waals surface area contributed by atoms with Crippen LogP contribution in [-0.2, 0) is 0 Å². The summed E-state index contributed by atoms with van der Waals surface area (Å²) in [5.41, 5.74) is 1.52. The van der Waals surface area contributed by atoms with Gasteiger partial charge in [-0.3, -0.25) is 4.98 Å². The molecule has 1 rings (SSSR count). The number of hydrogen-bond donors (Lipinski definition) is 0. The Kier molecular flexibility index (Phi) is 16.6. The molecule has 0 aliphatic heterocycles. The van der Waals surface area contributed by atoms with Gasteiger partial charge in [-0.1, -0.05) is 117 Å². The Balaban J connectivity index is 2.17. The summed E-state index contributed by atoms with van der Waals surface area (Å²) >= 11 is 0. The zero-order valence-electron chi connectivity index (χ0n) is 18.6. The van der Waals surface area contributed by atoms with Gasteiger partial charge in [-0.15, -0.1) is 0 Å². The van der Waals surface area contributed by atoms with Crippen LogP contribution >= 0.6 is 0 Å². The van der Waals surface area contributed by atoms with Crippen LogP contribution in [0.3, 0.4) is 0 Å². The third kappa shape index (κ3) is 13.9. The zero-order valence-corrected chi connectivity index (χ0v) is 18.6. The van der Waals surface area contributed by atoms with Crippen LogP contribution in [0.4, 0.5) is 0 Å². The van der Waals surface area contributed by atoms with Crippen molar-refractivity contribution in [3.05, 3.63) is 30.1 Å². The van der Waals surface area contributed by atoms with E-state index in [2.05, 4.69) is 31.0 Å². The third-order valence-electron chi connectivity index (χ3n) is 5.99. The van der Waals surface area contributed by atoms with E-state index in [0.29, 0.717) is 0 Å². The SMILES string of the molecule is CCCCCCCCCCC(CCCCCCCCCC)c1ccncc1. The molecule has 0 bridgehead atoms. The van der Waals surface area contributed by atoms with E-state index < -0.39 is 0 Å². The van der Waals surface area contributed by atoms with Crippen molar-refractivity contribution in [2.75, 3.05) is 0 Å². The molecule has 156 valence electrons. The lowest BCUT2D eigenvalue weighted by Gasteiger charge is -2.17. The first-order valence-corrected chi connectivity index (χ1v) is 12.3. The minimum Gasteiger partial charge on any atom is -0.265 e. The second kappa shape index (κ2) is 18.5. The summed E-state index contributed by atoms with van der Waals surface area (Å²) < 4.78 is 0. The van der Waals surface area contributed by atoms with Crippen molar-refractivity contribution in [3.63, 3.8) is 0 Å². The second-order valence-electron chi connectivity index (χ2n) is 8.50. The molecular formula is C26H47N. The lowest BCUT2D eigenvalue weighted by Crippen LogP contribution is -2.00. The summed E-state index contributed by atoms with van der Waals surface area (Å²) in [6, 6.07) is 4.50. The average Bonchev–Trinajstić information content (AvgIpc) is 2.71. The summed E-state index contributed by atoms with van der Waals surface area (Å²) in [6.07, 6.45) is 29.4. The van der Waals surface area contributed by atoms with Crippen LogP contribution in [0, 0.1) is 0 Å². The van der Waals surface area contributed by atoms with Gasteiger partial charge in [0, 0.05) is 12.4 Å². The van der Waals surface area contributed by atoms with Crippen molar-refractivity contribution in [1.82, 2.24) is 4.98 Å². The summed E-state index contributed by atoms with van der Waals surface area (Å²) in [5, 5.41) is 0. The molecule has 0 unspecified atom stereocenters. The molecule has 1 heteroatoms. The van der Waals surface area contributed by atoms with E-state index in [4.69, 9.17) is 0 Å². The maximum absolute atomic E-state index is 4.22. The molecule has 0 aliphatic rings. The molecule has 0 fully saturated rings.